The molecule has 0 spiro atoms. The van der Waals surface area contributed by atoms with Crippen molar-refractivity contribution >= 4 is 35.4 Å². The van der Waals surface area contributed by atoms with E-state index in [9.17, 15) is 9.18 Å². The van der Waals surface area contributed by atoms with Crippen LogP contribution in [0.2, 0.25) is 5.02 Å². The van der Waals surface area contributed by atoms with E-state index in [4.69, 9.17) is 23.8 Å². The lowest BCUT2D eigenvalue weighted by molar-refractivity contribution is -0.116. The highest BCUT2D eigenvalue weighted by atomic mass is 35.5. The average Bonchev–Trinajstić information content (AvgIpc) is 3.20. The molecule has 0 radical (unpaired) electrons. The minimum absolute atomic E-state index is 0.0541. The molecular weight excluding hydrogens is 377 g/mol. The van der Waals surface area contributed by atoms with Crippen molar-refractivity contribution in [2.24, 2.45) is 0 Å². The first kappa shape index (κ1) is 18.3. The summed E-state index contributed by atoms with van der Waals surface area (Å²) >= 11 is 11.2. The van der Waals surface area contributed by atoms with Crippen molar-refractivity contribution < 1.29 is 9.18 Å². The maximum Gasteiger partial charge on any atom is 0.246 e. The molecular formula is C17H17ClFN5OS. The van der Waals surface area contributed by atoms with Gasteiger partial charge in [0.2, 0.25) is 10.7 Å². The third-order valence-corrected chi connectivity index (χ3v) is 4.35. The minimum Gasteiger partial charge on any atom is -0.324 e. The minimum atomic E-state index is -0.540. The Hall–Kier alpha value is -2.45. The van der Waals surface area contributed by atoms with E-state index in [1.807, 2.05) is 36.1 Å². The lowest BCUT2D eigenvalue weighted by Gasteiger charge is -2.07. The predicted molar refractivity (Wildman–Crippen MR) is 100 cm³/mol. The molecule has 0 saturated heterocycles. The molecule has 1 amide bonds. The van der Waals surface area contributed by atoms with E-state index in [0.29, 0.717) is 10.5 Å². The molecule has 3 aromatic rings. The molecule has 0 saturated carbocycles. The number of benzene rings is 1. The fourth-order valence-electron chi connectivity index (χ4n) is 2.53. The lowest BCUT2D eigenvalue weighted by atomic mass is 10.3. The first-order chi connectivity index (χ1) is 12.5. The molecule has 0 aliphatic carbocycles. The van der Waals surface area contributed by atoms with Crippen molar-refractivity contribution in [3.05, 3.63) is 64.2 Å². The van der Waals surface area contributed by atoms with Gasteiger partial charge in [-0.1, -0.05) is 18.5 Å². The number of aryl methyl sites for hydroxylation is 1. The molecule has 0 unspecified atom stereocenters. The monoisotopic (exact) mass is 393 g/mol. The van der Waals surface area contributed by atoms with Crippen LogP contribution in [0.15, 0.2) is 42.7 Å². The zero-order chi connectivity index (χ0) is 18.7. The summed E-state index contributed by atoms with van der Waals surface area (Å²) in [6.07, 6.45) is 5.35. The molecule has 0 bridgehead atoms. The van der Waals surface area contributed by atoms with Gasteiger partial charge in [0.15, 0.2) is 5.82 Å². The van der Waals surface area contributed by atoms with Crippen LogP contribution in [0.5, 0.6) is 0 Å². The van der Waals surface area contributed by atoms with Gasteiger partial charge in [0, 0.05) is 24.5 Å². The van der Waals surface area contributed by atoms with Crippen LogP contribution in [-0.2, 0) is 17.8 Å². The van der Waals surface area contributed by atoms with Gasteiger partial charge in [0.25, 0.3) is 0 Å². The van der Waals surface area contributed by atoms with Gasteiger partial charge in [-0.15, -0.1) is 0 Å². The Kier molecular flexibility index (Phi) is 5.53. The van der Waals surface area contributed by atoms with E-state index in [2.05, 4.69) is 10.4 Å². The Morgan fingerprint density at radius 2 is 2.08 bits per heavy atom. The van der Waals surface area contributed by atoms with Crippen molar-refractivity contribution in [1.82, 2.24) is 19.1 Å². The summed E-state index contributed by atoms with van der Waals surface area (Å²) < 4.78 is 18.7. The van der Waals surface area contributed by atoms with Crippen molar-refractivity contribution in [2.45, 2.75) is 26.3 Å². The molecule has 0 fully saturated rings. The van der Waals surface area contributed by atoms with E-state index in [0.717, 1.165) is 18.7 Å². The number of aromatic nitrogens is 4. The zero-order valence-corrected chi connectivity index (χ0v) is 15.6. The Morgan fingerprint density at radius 3 is 2.73 bits per heavy atom. The predicted octanol–water partition coefficient (Wildman–Crippen LogP) is 3.91. The highest BCUT2D eigenvalue weighted by Crippen LogP contribution is 2.19. The van der Waals surface area contributed by atoms with Crippen molar-refractivity contribution in [3.8, 4) is 0 Å². The maximum atomic E-state index is 13.2. The summed E-state index contributed by atoms with van der Waals surface area (Å²) in [4.78, 5) is 12.3. The molecule has 1 aromatic carbocycles. The molecule has 1 N–H and O–H groups in total. The van der Waals surface area contributed by atoms with Gasteiger partial charge in [-0.05, 0) is 49.0 Å². The van der Waals surface area contributed by atoms with Crippen LogP contribution in [0.3, 0.4) is 0 Å². The highest BCUT2D eigenvalue weighted by Gasteiger charge is 2.14. The average molecular weight is 394 g/mol. The number of rotatable bonds is 6. The number of hydrogen-bond donors (Lipinski definition) is 1. The number of carbonyl (C=O) groups is 1. The van der Waals surface area contributed by atoms with Crippen LogP contribution < -0.4 is 5.32 Å². The second-order valence-corrected chi connectivity index (χ2v) is 6.43. The fraction of sp³-hybridized carbons (Fsp3) is 0.235. The summed E-state index contributed by atoms with van der Waals surface area (Å²) in [6.45, 7) is 1.99. The quantitative estimate of drug-likeness (QED) is 0.646. The maximum absolute atomic E-state index is 13.2. The molecule has 2 heterocycles. The van der Waals surface area contributed by atoms with E-state index in [1.54, 1.807) is 4.68 Å². The molecule has 2 aromatic heterocycles. The van der Waals surface area contributed by atoms with Gasteiger partial charge in [0.1, 0.15) is 12.4 Å². The van der Waals surface area contributed by atoms with Crippen LogP contribution in [0.1, 0.15) is 19.2 Å². The molecule has 26 heavy (non-hydrogen) atoms. The molecule has 136 valence electrons. The van der Waals surface area contributed by atoms with Crippen LogP contribution in [0.25, 0.3) is 0 Å². The third-order valence-electron chi connectivity index (χ3n) is 3.67. The SMILES string of the molecule is CCCc1nn(CC(=O)Nc2ccc(F)c(Cl)c2)c(=S)n1-n1cccc1. The topological polar surface area (TPSA) is 56.8 Å². The second-order valence-electron chi connectivity index (χ2n) is 5.66. The van der Waals surface area contributed by atoms with Gasteiger partial charge in [-0.3, -0.25) is 9.47 Å². The van der Waals surface area contributed by atoms with Crippen LogP contribution in [0.4, 0.5) is 10.1 Å². The largest absolute Gasteiger partial charge is 0.324 e. The molecule has 3 rings (SSSR count). The van der Waals surface area contributed by atoms with E-state index >= 15 is 0 Å². The molecule has 0 aliphatic rings. The normalized spacial score (nSPS) is 10.9. The Bertz CT molecular complexity index is 980. The number of carbonyl (C=O) groups excluding carboxylic acids is 1. The Morgan fingerprint density at radius 1 is 1.35 bits per heavy atom. The standard InChI is InChI=1S/C17H17ClFN5OS/c1-2-5-15-21-23(17(26)24(15)22-8-3-4-9-22)11-16(25)20-12-6-7-14(19)13(18)10-12/h3-4,6-10H,2,5,11H2,1H3,(H,20,25). The number of amides is 1. The van der Waals surface area contributed by atoms with Crippen molar-refractivity contribution in [3.63, 3.8) is 0 Å². The molecule has 6 nitrogen and oxygen atoms in total. The van der Waals surface area contributed by atoms with Gasteiger partial charge in [-0.2, -0.15) is 5.10 Å². The van der Waals surface area contributed by atoms with Crippen LogP contribution in [-0.4, -0.2) is 25.0 Å². The molecule has 0 atom stereocenters. The third kappa shape index (κ3) is 3.86. The number of nitrogens with zero attached hydrogens (tertiary/aromatic N) is 4. The summed E-state index contributed by atoms with van der Waals surface area (Å²) in [5, 5.41) is 7.09. The first-order valence-corrected chi connectivity index (χ1v) is 8.85. The number of nitrogens with one attached hydrogen (secondary N) is 1. The van der Waals surface area contributed by atoms with Gasteiger partial charge >= 0.3 is 0 Å². The van der Waals surface area contributed by atoms with E-state index in [-0.39, 0.29) is 17.5 Å². The summed E-state index contributed by atoms with van der Waals surface area (Å²) in [7, 11) is 0. The Balaban J connectivity index is 1.83. The molecule has 9 heteroatoms. The lowest BCUT2D eigenvalue weighted by Crippen LogP contribution is -2.20. The highest BCUT2D eigenvalue weighted by molar-refractivity contribution is 7.71. The molecule has 0 aliphatic heterocycles. The van der Waals surface area contributed by atoms with Gasteiger partial charge < -0.3 is 5.32 Å². The zero-order valence-electron chi connectivity index (χ0n) is 14.0. The Labute approximate surface area is 159 Å². The van der Waals surface area contributed by atoms with E-state index < -0.39 is 5.82 Å². The first-order valence-electron chi connectivity index (χ1n) is 8.07. The number of anilines is 1. The smallest absolute Gasteiger partial charge is 0.246 e. The van der Waals surface area contributed by atoms with Crippen LogP contribution in [0, 0.1) is 10.6 Å². The fourth-order valence-corrected chi connectivity index (χ4v) is 3.01. The van der Waals surface area contributed by atoms with Gasteiger partial charge in [-0.25, -0.2) is 13.7 Å². The second kappa shape index (κ2) is 7.84. The van der Waals surface area contributed by atoms with E-state index in [1.165, 1.54) is 22.9 Å². The van der Waals surface area contributed by atoms with Crippen molar-refractivity contribution in [2.75, 3.05) is 5.32 Å². The number of hydrogen-bond acceptors (Lipinski definition) is 3. The van der Waals surface area contributed by atoms with Gasteiger partial charge in [0.05, 0.1) is 5.02 Å². The van der Waals surface area contributed by atoms with Crippen LogP contribution >= 0.6 is 23.8 Å². The summed E-state index contributed by atoms with van der Waals surface area (Å²) in [5.74, 6) is -0.100. The summed E-state index contributed by atoms with van der Waals surface area (Å²) in [6, 6.07) is 7.78. The number of halogens is 2. The van der Waals surface area contributed by atoms with Crippen molar-refractivity contribution in [1.29, 1.82) is 0 Å². The summed E-state index contributed by atoms with van der Waals surface area (Å²) in [5.41, 5.74) is 0.409.